The first-order chi connectivity index (χ1) is 11.7. The minimum Gasteiger partial charge on any atom is -0.352 e. The number of rotatable bonds is 8. The standard InChI is InChI=1S/C12H11F4N5O3S/c1-2-25(23,24)19-5-3-4-18-12(22)6-7(13)9(15)11(20-21-17)10(16)8(6)14/h2,19H,1,3-5H2,(H,18,22). The normalized spacial score (nSPS) is 10.9. The van der Waals surface area contributed by atoms with Crippen molar-refractivity contribution < 1.29 is 30.8 Å². The number of carbonyl (C=O) groups is 1. The van der Waals surface area contributed by atoms with Gasteiger partial charge in [-0.1, -0.05) is 11.7 Å². The van der Waals surface area contributed by atoms with Crippen LogP contribution in [0.25, 0.3) is 10.4 Å². The van der Waals surface area contributed by atoms with Gasteiger partial charge in [0.05, 0.1) is 0 Å². The maximum absolute atomic E-state index is 13.7. The van der Waals surface area contributed by atoms with Crippen molar-refractivity contribution in [1.82, 2.24) is 10.0 Å². The number of amides is 1. The van der Waals surface area contributed by atoms with Gasteiger partial charge in [-0.05, 0) is 12.0 Å². The summed E-state index contributed by atoms with van der Waals surface area (Å²) in [7, 11) is -3.67. The Labute approximate surface area is 139 Å². The fourth-order valence-electron chi connectivity index (χ4n) is 1.60. The lowest BCUT2D eigenvalue weighted by Gasteiger charge is -2.10. The molecular weight excluding hydrogens is 370 g/mol. The topological polar surface area (TPSA) is 124 Å². The summed E-state index contributed by atoms with van der Waals surface area (Å²) in [6.07, 6.45) is 0.0177. The van der Waals surface area contributed by atoms with Crippen molar-refractivity contribution in [3.8, 4) is 0 Å². The van der Waals surface area contributed by atoms with E-state index < -0.39 is 50.5 Å². The molecule has 2 N–H and O–H groups in total. The summed E-state index contributed by atoms with van der Waals surface area (Å²) in [5, 5.41) is 5.13. The molecule has 0 radical (unpaired) electrons. The molecule has 0 fully saturated rings. The average Bonchev–Trinajstić information content (AvgIpc) is 2.56. The third-order valence-electron chi connectivity index (χ3n) is 2.77. The van der Waals surface area contributed by atoms with Crippen LogP contribution < -0.4 is 10.0 Å². The van der Waals surface area contributed by atoms with Gasteiger partial charge in [0.1, 0.15) is 11.3 Å². The number of halogens is 4. The van der Waals surface area contributed by atoms with Gasteiger partial charge in [0, 0.05) is 23.4 Å². The molecule has 136 valence electrons. The van der Waals surface area contributed by atoms with Crippen LogP contribution in [0.4, 0.5) is 23.2 Å². The first-order valence-electron chi connectivity index (χ1n) is 6.47. The van der Waals surface area contributed by atoms with Crippen LogP contribution in [-0.4, -0.2) is 27.4 Å². The molecule has 0 heterocycles. The van der Waals surface area contributed by atoms with Crippen LogP contribution in [0.3, 0.4) is 0 Å². The van der Waals surface area contributed by atoms with Crippen LogP contribution in [-0.2, 0) is 10.0 Å². The fraction of sp³-hybridized carbons (Fsp3) is 0.250. The lowest BCUT2D eigenvalue weighted by Crippen LogP contribution is -2.30. The molecule has 1 rings (SSSR count). The molecule has 0 saturated carbocycles. The molecule has 0 aromatic heterocycles. The van der Waals surface area contributed by atoms with E-state index >= 15 is 0 Å². The molecule has 13 heteroatoms. The summed E-state index contributed by atoms with van der Waals surface area (Å²) in [4.78, 5) is 13.7. The third-order valence-corrected chi connectivity index (χ3v) is 3.82. The molecule has 8 nitrogen and oxygen atoms in total. The lowest BCUT2D eigenvalue weighted by molar-refractivity contribution is 0.0942. The number of hydrogen-bond acceptors (Lipinski definition) is 4. The molecule has 0 saturated heterocycles. The Morgan fingerprint density at radius 2 is 1.72 bits per heavy atom. The van der Waals surface area contributed by atoms with E-state index in [9.17, 15) is 30.8 Å². The van der Waals surface area contributed by atoms with Crippen LogP contribution >= 0.6 is 0 Å². The molecule has 0 aliphatic heterocycles. The molecule has 25 heavy (non-hydrogen) atoms. The second-order valence-electron chi connectivity index (χ2n) is 4.38. The summed E-state index contributed by atoms with van der Waals surface area (Å²) in [5.41, 5.74) is 5.05. The SMILES string of the molecule is C=CS(=O)(=O)NCCCNC(=O)c1c(F)c(F)c(N=[N+]=[N-])c(F)c1F. The van der Waals surface area contributed by atoms with Crippen LogP contribution in [0, 0.1) is 23.3 Å². The van der Waals surface area contributed by atoms with Crippen LogP contribution in [0.1, 0.15) is 16.8 Å². The highest BCUT2D eigenvalue weighted by Crippen LogP contribution is 2.30. The monoisotopic (exact) mass is 381 g/mol. The zero-order valence-corrected chi connectivity index (χ0v) is 13.2. The smallest absolute Gasteiger partial charge is 0.257 e. The van der Waals surface area contributed by atoms with E-state index in [1.807, 2.05) is 10.2 Å². The number of hydrogen-bond donors (Lipinski definition) is 2. The zero-order valence-electron chi connectivity index (χ0n) is 12.4. The van der Waals surface area contributed by atoms with Gasteiger partial charge in [-0.15, -0.1) is 0 Å². The van der Waals surface area contributed by atoms with Gasteiger partial charge < -0.3 is 5.32 Å². The highest BCUT2D eigenvalue weighted by molar-refractivity contribution is 7.92. The Morgan fingerprint density at radius 3 is 2.20 bits per heavy atom. The molecule has 0 atom stereocenters. The number of carbonyl (C=O) groups excluding carboxylic acids is 1. The lowest BCUT2D eigenvalue weighted by atomic mass is 10.1. The average molecular weight is 381 g/mol. The number of nitrogens with zero attached hydrogens (tertiary/aromatic N) is 3. The van der Waals surface area contributed by atoms with Crippen LogP contribution in [0.5, 0.6) is 0 Å². The Hall–Kier alpha value is -2.63. The predicted molar refractivity (Wildman–Crippen MR) is 79.1 cm³/mol. The largest absolute Gasteiger partial charge is 0.352 e. The first kappa shape index (κ1) is 20.4. The van der Waals surface area contributed by atoms with Gasteiger partial charge in [0.15, 0.2) is 23.3 Å². The van der Waals surface area contributed by atoms with E-state index in [1.165, 1.54) is 0 Å². The Balaban J connectivity index is 2.86. The summed E-state index contributed by atoms with van der Waals surface area (Å²) in [6, 6.07) is 0. The molecule has 0 aliphatic carbocycles. The van der Waals surface area contributed by atoms with Crippen molar-refractivity contribution in [2.75, 3.05) is 13.1 Å². The van der Waals surface area contributed by atoms with Gasteiger partial charge in [-0.3, -0.25) is 4.79 Å². The molecule has 0 bridgehead atoms. The highest BCUT2D eigenvalue weighted by atomic mass is 32.2. The van der Waals surface area contributed by atoms with Crippen molar-refractivity contribution in [1.29, 1.82) is 0 Å². The molecule has 0 aliphatic rings. The maximum atomic E-state index is 13.7. The zero-order chi connectivity index (χ0) is 19.2. The van der Waals surface area contributed by atoms with Gasteiger partial charge in [-0.25, -0.2) is 30.7 Å². The second-order valence-corrected chi connectivity index (χ2v) is 6.10. The Kier molecular flexibility index (Phi) is 6.91. The van der Waals surface area contributed by atoms with Gasteiger partial charge in [-0.2, -0.15) is 0 Å². The van der Waals surface area contributed by atoms with Crippen molar-refractivity contribution in [3.63, 3.8) is 0 Å². The predicted octanol–water partition coefficient (Wildman–Crippen LogP) is 2.37. The Morgan fingerprint density at radius 1 is 1.16 bits per heavy atom. The van der Waals surface area contributed by atoms with E-state index in [2.05, 4.69) is 16.4 Å². The Bertz CT molecular complexity index is 824. The summed E-state index contributed by atoms with van der Waals surface area (Å²) < 4.78 is 78.7. The minimum atomic E-state index is -3.67. The van der Waals surface area contributed by atoms with Crippen molar-refractivity contribution >= 4 is 21.6 Å². The number of benzene rings is 1. The van der Waals surface area contributed by atoms with E-state index in [0.717, 1.165) is 0 Å². The fourth-order valence-corrected chi connectivity index (χ4v) is 2.15. The van der Waals surface area contributed by atoms with Gasteiger partial charge >= 0.3 is 0 Å². The summed E-state index contributed by atoms with van der Waals surface area (Å²) >= 11 is 0. The number of sulfonamides is 1. The first-order valence-corrected chi connectivity index (χ1v) is 8.02. The van der Waals surface area contributed by atoms with E-state index in [4.69, 9.17) is 5.53 Å². The molecule has 1 aromatic carbocycles. The summed E-state index contributed by atoms with van der Waals surface area (Å²) in [5.74, 6) is -9.54. The van der Waals surface area contributed by atoms with Gasteiger partial charge in [0.2, 0.25) is 10.0 Å². The maximum Gasteiger partial charge on any atom is 0.257 e. The van der Waals surface area contributed by atoms with Crippen molar-refractivity contribution in [2.45, 2.75) is 6.42 Å². The third kappa shape index (κ3) is 4.92. The molecule has 0 spiro atoms. The summed E-state index contributed by atoms with van der Waals surface area (Å²) in [6.45, 7) is 2.67. The van der Waals surface area contributed by atoms with Crippen LogP contribution in [0.15, 0.2) is 17.1 Å². The highest BCUT2D eigenvalue weighted by Gasteiger charge is 2.28. The number of azide groups is 1. The quantitative estimate of drug-likeness (QED) is 0.179. The van der Waals surface area contributed by atoms with Gasteiger partial charge in [0.25, 0.3) is 5.91 Å². The van der Waals surface area contributed by atoms with E-state index in [1.54, 1.807) is 0 Å². The molecule has 1 aromatic rings. The van der Waals surface area contributed by atoms with Crippen LogP contribution in [0.2, 0.25) is 0 Å². The van der Waals surface area contributed by atoms with E-state index in [-0.39, 0.29) is 19.5 Å². The molecular formula is C12H11F4N5O3S. The molecule has 1 amide bonds. The second kappa shape index (κ2) is 8.46. The number of nitrogens with one attached hydrogen (secondary N) is 2. The van der Waals surface area contributed by atoms with Crippen molar-refractivity contribution in [3.05, 3.63) is 51.3 Å². The van der Waals surface area contributed by atoms with E-state index in [0.29, 0.717) is 5.41 Å². The van der Waals surface area contributed by atoms with Crippen molar-refractivity contribution in [2.24, 2.45) is 5.11 Å². The molecule has 0 unspecified atom stereocenters. The minimum absolute atomic E-state index is 0.0177.